The van der Waals surface area contributed by atoms with Crippen molar-refractivity contribution in [2.24, 2.45) is 0 Å². The first-order valence-corrected chi connectivity index (χ1v) is 9.56. The van der Waals surface area contributed by atoms with Gasteiger partial charge in [-0.25, -0.2) is 0 Å². The van der Waals surface area contributed by atoms with E-state index in [4.69, 9.17) is 18.9 Å². The van der Waals surface area contributed by atoms with Crippen molar-refractivity contribution in [1.29, 1.82) is 0 Å². The van der Waals surface area contributed by atoms with Crippen molar-refractivity contribution in [2.75, 3.05) is 73.0 Å². The Morgan fingerprint density at radius 2 is 1.43 bits per heavy atom. The van der Waals surface area contributed by atoms with Crippen molar-refractivity contribution < 1.29 is 33.3 Å². The summed E-state index contributed by atoms with van der Waals surface area (Å²) in [6.07, 6.45) is 4.22. The van der Waals surface area contributed by atoms with Crippen LogP contribution in [0.2, 0.25) is 0 Å². The fourth-order valence-electron chi connectivity index (χ4n) is 1.84. The number of ether oxygens (including phenoxy) is 4. The molecule has 162 valence electrons. The maximum atomic E-state index is 11.5. The molecule has 0 aliphatic heterocycles. The number of allylic oxidation sites excluding steroid dienone is 1. The molecule has 0 bridgehead atoms. The highest BCUT2D eigenvalue weighted by atomic mass is 16.6. The molecule has 0 spiro atoms. The average Bonchev–Trinajstić information content (AvgIpc) is 2.70. The molecule has 0 saturated carbocycles. The van der Waals surface area contributed by atoms with Crippen LogP contribution < -0.4 is 5.32 Å². The first-order chi connectivity index (χ1) is 13.6. The third kappa shape index (κ3) is 17.6. The Morgan fingerprint density at radius 3 is 1.96 bits per heavy atom. The predicted octanol–water partition coefficient (Wildman–Crippen LogP) is 0.183. The molecule has 9 nitrogen and oxygen atoms in total. The van der Waals surface area contributed by atoms with Gasteiger partial charge in [0.15, 0.2) is 0 Å². The number of nitrogens with zero attached hydrogens (tertiary/aromatic N) is 1. The third-order valence-electron chi connectivity index (χ3n) is 3.43. The van der Waals surface area contributed by atoms with Gasteiger partial charge in [-0.15, -0.1) is 0 Å². The lowest BCUT2D eigenvalue weighted by atomic mass is 10.4. The molecule has 0 unspecified atom stereocenters. The number of hydrogen-bond acceptors (Lipinski definition) is 7. The molecule has 1 N–H and O–H groups in total. The molecule has 28 heavy (non-hydrogen) atoms. The fraction of sp³-hybridized carbons (Fsp3) is 0.737. The Bertz CT molecular complexity index is 444. The Morgan fingerprint density at radius 1 is 0.893 bits per heavy atom. The van der Waals surface area contributed by atoms with Gasteiger partial charge in [0.25, 0.3) is 0 Å². The van der Waals surface area contributed by atoms with Crippen molar-refractivity contribution in [3.05, 3.63) is 12.2 Å². The SMILES string of the molecule is CCCNC(=O)CCOCCOCCOCCOCCN(C)C(=O)/C=C\C=O. The maximum absolute atomic E-state index is 11.5. The number of hydrogen-bond donors (Lipinski definition) is 1. The Balaban J connectivity index is 3.27. The summed E-state index contributed by atoms with van der Waals surface area (Å²) in [6, 6.07) is 0. The number of nitrogens with one attached hydrogen (secondary N) is 1. The predicted molar refractivity (Wildman–Crippen MR) is 104 cm³/mol. The summed E-state index contributed by atoms with van der Waals surface area (Å²) < 4.78 is 21.4. The normalized spacial score (nSPS) is 10.9. The minimum atomic E-state index is -0.243. The second-order valence-electron chi connectivity index (χ2n) is 5.80. The summed E-state index contributed by atoms with van der Waals surface area (Å²) in [5, 5.41) is 2.78. The van der Waals surface area contributed by atoms with Gasteiger partial charge in [-0.3, -0.25) is 14.4 Å². The zero-order valence-electron chi connectivity index (χ0n) is 17.0. The summed E-state index contributed by atoms with van der Waals surface area (Å²) in [5.74, 6) is -0.237. The minimum absolute atomic E-state index is 0.00590. The molecule has 0 aliphatic carbocycles. The van der Waals surface area contributed by atoms with Gasteiger partial charge in [-0.2, -0.15) is 0 Å². The second-order valence-corrected chi connectivity index (χ2v) is 5.80. The lowest BCUT2D eigenvalue weighted by Gasteiger charge is -2.14. The topological polar surface area (TPSA) is 103 Å². The Hall–Kier alpha value is -1.81. The van der Waals surface area contributed by atoms with Crippen LogP contribution in [0.5, 0.6) is 0 Å². The summed E-state index contributed by atoms with van der Waals surface area (Å²) in [7, 11) is 1.64. The van der Waals surface area contributed by atoms with Gasteiger partial charge < -0.3 is 29.2 Å². The van der Waals surface area contributed by atoms with Crippen LogP contribution >= 0.6 is 0 Å². The van der Waals surface area contributed by atoms with E-state index < -0.39 is 0 Å². The molecule has 0 atom stereocenters. The van der Waals surface area contributed by atoms with E-state index in [9.17, 15) is 14.4 Å². The van der Waals surface area contributed by atoms with Crippen molar-refractivity contribution in [1.82, 2.24) is 10.2 Å². The van der Waals surface area contributed by atoms with E-state index in [1.165, 1.54) is 11.0 Å². The van der Waals surface area contributed by atoms with E-state index in [2.05, 4.69) is 5.32 Å². The molecule has 0 aromatic heterocycles. The fourth-order valence-corrected chi connectivity index (χ4v) is 1.84. The van der Waals surface area contributed by atoms with Gasteiger partial charge in [-0.05, 0) is 12.5 Å². The van der Waals surface area contributed by atoms with E-state index in [1.807, 2.05) is 6.92 Å². The van der Waals surface area contributed by atoms with Crippen LogP contribution in [0.25, 0.3) is 0 Å². The lowest BCUT2D eigenvalue weighted by Crippen LogP contribution is -2.29. The largest absolute Gasteiger partial charge is 0.379 e. The molecule has 0 heterocycles. The maximum Gasteiger partial charge on any atom is 0.246 e. The van der Waals surface area contributed by atoms with Crippen LogP contribution in [0.3, 0.4) is 0 Å². The molecule has 0 radical (unpaired) electrons. The Kier molecular flexibility index (Phi) is 18.6. The highest BCUT2D eigenvalue weighted by Gasteiger charge is 2.03. The molecule has 2 amide bonds. The number of amides is 2. The van der Waals surface area contributed by atoms with Gasteiger partial charge in [0.1, 0.15) is 6.29 Å². The number of likely N-dealkylation sites (N-methyl/N-ethyl adjacent to an activating group) is 1. The van der Waals surface area contributed by atoms with Gasteiger partial charge in [0, 0.05) is 32.6 Å². The van der Waals surface area contributed by atoms with Crippen molar-refractivity contribution in [3.8, 4) is 0 Å². The molecule has 0 aromatic rings. The van der Waals surface area contributed by atoms with E-state index in [0.717, 1.165) is 12.5 Å². The first kappa shape index (κ1) is 26.2. The van der Waals surface area contributed by atoms with Crippen molar-refractivity contribution in [3.63, 3.8) is 0 Å². The molecular formula is C19H34N2O7. The van der Waals surface area contributed by atoms with Crippen molar-refractivity contribution in [2.45, 2.75) is 19.8 Å². The standard InChI is InChI=1S/C19H34N2O7/c1-3-7-20-18(23)6-10-25-12-14-27-16-17-28-15-13-26-11-8-21(2)19(24)5-4-9-22/h4-5,9H,3,6-8,10-17H2,1-2H3,(H,20,23)/b5-4-. The van der Waals surface area contributed by atoms with E-state index in [-0.39, 0.29) is 11.8 Å². The van der Waals surface area contributed by atoms with Gasteiger partial charge >= 0.3 is 0 Å². The van der Waals surface area contributed by atoms with Crippen molar-refractivity contribution >= 4 is 18.1 Å². The van der Waals surface area contributed by atoms with Crippen LogP contribution in [0.4, 0.5) is 0 Å². The van der Waals surface area contributed by atoms with Gasteiger partial charge in [-0.1, -0.05) is 6.92 Å². The zero-order chi connectivity index (χ0) is 20.9. The smallest absolute Gasteiger partial charge is 0.246 e. The molecule has 0 saturated heterocycles. The van der Waals surface area contributed by atoms with E-state index >= 15 is 0 Å². The number of rotatable bonds is 19. The van der Waals surface area contributed by atoms with Crippen LogP contribution in [0, 0.1) is 0 Å². The summed E-state index contributed by atoms with van der Waals surface area (Å²) >= 11 is 0. The lowest BCUT2D eigenvalue weighted by molar-refractivity contribution is -0.125. The van der Waals surface area contributed by atoms with Gasteiger partial charge in [0.2, 0.25) is 11.8 Å². The number of carbonyl (C=O) groups excluding carboxylic acids is 3. The molecule has 0 rings (SSSR count). The second kappa shape index (κ2) is 19.9. The highest BCUT2D eigenvalue weighted by molar-refractivity contribution is 5.90. The third-order valence-corrected chi connectivity index (χ3v) is 3.43. The van der Waals surface area contributed by atoms with E-state index in [1.54, 1.807) is 7.05 Å². The van der Waals surface area contributed by atoms with Crippen LogP contribution in [0.15, 0.2) is 12.2 Å². The molecule has 0 aliphatic rings. The zero-order valence-corrected chi connectivity index (χ0v) is 17.0. The highest BCUT2D eigenvalue weighted by Crippen LogP contribution is 1.89. The van der Waals surface area contributed by atoms with Gasteiger partial charge in [0.05, 0.1) is 52.9 Å². The number of carbonyl (C=O) groups is 3. The summed E-state index contributed by atoms with van der Waals surface area (Å²) in [4.78, 5) is 34.4. The molecule has 9 heteroatoms. The molecular weight excluding hydrogens is 368 g/mol. The average molecular weight is 402 g/mol. The van der Waals surface area contributed by atoms with Crippen LogP contribution in [-0.4, -0.2) is 96.0 Å². The molecule has 0 aromatic carbocycles. The summed E-state index contributed by atoms with van der Waals surface area (Å²) in [5.41, 5.74) is 0. The summed E-state index contributed by atoms with van der Waals surface area (Å²) in [6.45, 7) is 6.60. The Labute approximate surface area is 167 Å². The molecule has 0 fully saturated rings. The first-order valence-electron chi connectivity index (χ1n) is 9.56. The number of aldehydes is 1. The van der Waals surface area contributed by atoms with E-state index in [0.29, 0.717) is 78.7 Å². The monoisotopic (exact) mass is 402 g/mol. The van der Waals surface area contributed by atoms with Crippen LogP contribution in [-0.2, 0) is 33.3 Å². The van der Waals surface area contributed by atoms with Crippen LogP contribution in [0.1, 0.15) is 19.8 Å². The quantitative estimate of drug-likeness (QED) is 0.187. The minimum Gasteiger partial charge on any atom is -0.379 e.